The van der Waals surface area contributed by atoms with Crippen molar-refractivity contribution in [2.45, 2.75) is 32.1 Å². The Balaban J connectivity index is 0.000000264. The third-order valence-corrected chi connectivity index (χ3v) is 7.30. The Morgan fingerprint density at radius 2 is 0.964 bits per heavy atom. The van der Waals surface area contributed by atoms with E-state index in [1.54, 1.807) is 0 Å². The first-order valence-corrected chi connectivity index (χ1v) is 11.1. The molecular weight excluding hydrogens is 540 g/mol. The van der Waals surface area contributed by atoms with E-state index < -0.39 is 7.92 Å². The zero-order valence-electron chi connectivity index (χ0n) is 16.0. The van der Waals surface area contributed by atoms with Crippen molar-refractivity contribution >= 4 is 23.8 Å². The number of hydrogen-bond acceptors (Lipinski definition) is 0. The van der Waals surface area contributed by atoms with Crippen LogP contribution in [0.25, 0.3) is 0 Å². The molecule has 0 aromatic heterocycles. The summed E-state index contributed by atoms with van der Waals surface area (Å²) in [6.45, 7) is 0. The molecule has 4 rings (SSSR count). The monoisotopic (exact) mass is 566 g/mol. The maximum Gasteiger partial charge on any atom is 1.00 e. The molecule has 0 amide bonds. The van der Waals surface area contributed by atoms with E-state index in [0.29, 0.717) is 5.92 Å². The van der Waals surface area contributed by atoms with Gasteiger partial charge in [-0.25, -0.2) is 0 Å². The molecule has 0 heterocycles. The van der Waals surface area contributed by atoms with Gasteiger partial charge in [0, 0.05) is 0 Å². The van der Waals surface area contributed by atoms with Gasteiger partial charge in [0.2, 0.25) is 0 Å². The molecule has 1 fully saturated rings. The zero-order valence-corrected chi connectivity index (χ0v) is 19.1. The predicted molar refractivity (Wildman–Crippen MR) is 119 cm³/mol. The number of benzene rings is 3. The van der Waals surface area contributed by atoms with E-state index in [0.717, 1.165) is 0 Å². The van der Waals surface area contributed by atoms with E-state index >= 15 is 0 Å². The average molecular weight is 566 g/mol. The molecule has 3 aromatic carbocycles. The van der Waals surface area contributed by atoms with E-state index in [-0.39, 0.29) is 22.4 Å². The van der Waals surface area contributed by atoms with E-state index in [4.69, 9.17) is 6.42 Å². The third-order valence-electron chi connectivity index (χ3n) is 4.85. The van der Waals surface area contributed by atoms with Gasteiger partial charge in [-0.05, 0) is 42.6 Å². The summed E-state index contributed by atoms with van der Waals surface area (Å²) in [5, 5.41) is 4.19. The first kappa shape index (κ1) is 22.7. The van der Waals surface area contributed by atoms with E-state index in [1.165, 1.54) is 48.0 Å². The van der Waals surface area contributed by atoms with Crippen LogP contribution in [0.3, 0.4) is 0 Å². The quantitative estimate of drug-likeness (QED) is 0.168. The minimum atomic E-state index is -0.446. The van der Waals surface area contributed by atoms with Crippen LogP contribution >= 0.6 is 7.92 Å². The van der Waals surface area contributed by atoms with Gasteiger partial charge in [0.1, 0.15) is 0 Å². The second-order valence-corrected chi connectivity index (χ2v) is 9.04. The summed E-state index contributed by atoms with van der Waals surface area (Å²) < 4.78 is 0. The Labute approximate surface area is 187 Å². The van der Waals surface area contributed by atoms with Gasteiger partial charge in [-0.2, -0.15) is 0 Å². The summed E-state index contributed by atoms with van der Waals surface area (Å²) >= 11 is 0. The molecule has 0 saturated heterocycles. The van der Waals surface area contributed by atoms with Crippen molar-refractivity contribution < 1.29 is 22.4 Å². The summed E-state index contributed by atoms with van der Waals surface area (Å²) in [6, 6.07) is 32.3. The van der Waals surface area contributed by atoms with Crippen LogP contribution in [0.5, 0.6) is 0 Å². The first-order chi connectivity index (χ1) is 13.4. The van der Waals surface area contributed by atoms with E-state index in [9.17, 15) is 0 Å². The average Bonchev–Trinajstić information content (AvgIpc) is 2.77. The second kappa shape index (κ2) is 12.8. The Morgan fingerprint density at radius 1 is 0.607 bits per heavy atom. The van der Waals surface area contributed by atoms with Crippen LogP contribution < -0.4 is 15.9 Å². The first-order valence-electron chi connectivity index (χ1n) is 9.76. The van der Waals surface area contributed by atoms with Crippen LogP contribution in [0.15, 0.2) is 91.0 Å². The van der Waals surface area contributed by atoms with Crippen molar-refractivity contribution in [3.05, 3.63) is 97.4 Å². The van der Waals surface area contributed by atoms with Gasteiger partial charge >= 0.3 is 22.4 Å². The Morgan fingerprint density at radius 3 is 1.25 bits per heavy atom. The predicted octanol–water partition coefficient (Wildman–Crippen LogP) is 5.60. The molecule has 0 spiro atoms. The molecule has 146 valence electrons. The fourth-order valence-electron chi connectivity index (χ4n) is 3.43. The van der Waals surface area contributed by atoms with Crippen molar-refractivity contribution in [1.82, 2.24) is 0 Å². The SMILES string of the molecule is [Au+].[C-]#CC1CCCCC1.c1ccc(P(c2ccccc2)c2ccccc2)cc1. The smallest absolute Gasteiger partial charge is 0.693 e. The summed E-state index contributed by atoms with van der Waals surface area (Å²) in [5.41, 5.74) is 0. The molecular formula is C26H26AuP. The largest absolute Gasteiger partial charge is 1.00 e. The summed E-state index contributed by atoms with van der Waals surface area (Å²) in [7, 11) is -0.446. The van der Waals surface area contributed by atoms with Crippen LogP contribution in [0.4, 0.5) is 0 Å². The van der Waals surface area contributed by atoms with Gasteiger partial charge in [-0.1, -0.05) is 110 Å². The number of rotatable bonds is 3. The van der Waals surface area contributed by atoms with Crippen molar-refractivity contribution in [2.75, 3.05) is 0 Å². The van der Waals surface area contributed by atoms with Gasteiger partial charge in [0.15, 0.2) is 0 Å². The Kier molecular flexibility index (Phi) is 10.3. The van der Waals surface area contributed by atoms with Gasteiger partial charge in [0.05, 0.1) is 0 Å². The standard InChI is InChI=1S/C18H15P.C8H11.Au/c1-4-10-16(11-5-1)19(17-12-6-2-7-13-17)18-14-8-3-9-15-18;1-2-8-6-4-3-5-7-8;/h1-15H;8H,3-7H2;/q;-1;+1. The minimum Gasteiger partial charge on any atom is -0.693 e. The fraction of sp³-hybridized carbons (Fsp3) is 0.231. The molecule has 0 nitrogen and oxygen atoms in total. The Hall–Kier alpha value is -1.61. The normalized spacial score (nSPS) is 13.6. The van der Waals surface area contributed by atoms with Crippen molar-refractivity contribution in [2.24, 2.45) is 5.92 Å². The van der Waals surface area contributed by atoms with E-state index in [2.05, 4.69) is 96.9 Å². The minimum absolute atomic E-state index is 0. The van der Waals surface area contributed by atoms with Gasteiger partial charge in [-0.3, -0.25) is 0 Å². The summed E-state index contributed by atoms with van der Waals surface area (Å²) in [6.07, 6.45) is 13.3. The fourth-order valence-corrected chi connectivity index (χ4v) is 5.73. The Bertz CT molecular complexity index is 725. The number of hydrogen-bond donors (Lipinski definition) is 0. The summed E-state index contributed by atoms with van der Waals surface area (Å²) in [5.74, 6) is 3.06. The van der Waals surface area contributed by atoms with Crippen LogP contribution in [-0.4, -0.2) is 0 Å². The van der Waals surface area contributed by atoms with Gasteiger partial charge < -0.3 is 12.3 Å². The van der Waals surface area contributed by atoms with Crippen molar-refractivity contribution in [3.63, 3.8) is 0 Å². The molecule has 1 saturated carbocycles. The third kappa shape index (κ3) is 6.77. The molecule has 0 aliphatic heterocycles. The molecule has 1 aliphatic carbocycles. The molecule has 0 bridgehead atoms. The zero-order chi connectivity index (χ0) is 18.7. The maximum absolute atomic E-state index is 6.85. The van der Waals surface area contributed by atoms with Crippen LogP contribution in [0, 0.1) is 18.3 Å². The molecule has 0 unspecified atom stereocenters. The topological polar surface area (TPSA) is 0 Å². The van der Waals surface area contributed by atoms with Crippen LogP contribution in [-0.2, 0) is 22.4 Å². The second-order valence-electron chi connectivity index (χ2n) is 6.82. The van der Waals surface area contributed by atoms with Gasteiger partial charge in [-0.15, -0.1) is 0 Å². The van der Waals surface area contributed by atoms with Crippen molar-refractivity contribution in [3.8, 4) is 5.92 Å². The van der Waals surface area contributed by atoms with Gasteiger partial charge in [0.25, 0.3) is 0 Å². The summed E-state index contributed by atoms with van der Waals surface area (Å²) in [4.78, 5) is 0. The molecule has 0 N–H and O–H groups in total. The molecule has 3 aromatic rings. The molecule has 2 heteroatoms. The van der Waals surface area contributed by atoms with Crippen LogP contribution in [0.1, 0.15) is 32.1 Å². The van der Waals surface area contributed by atoms with Crippen molar-refractivity contribution in [1.29, 1.82) is 0 Å². The molecule has 1 aliphatic rings. The van der Waals surface area contributed by atoms with Crippen LogP contribution in [0.2, 0.25) is 0 Å². The van der Waals surface area contributed by atoms with E-state index in [1.807, 2.05) is 0 Å². The molecule has 28 heavy (non-hydrogen) atoms. The molecule has 0 atom stereocenters. The molecule has 0 radical (unpaired) electrons. The maximum atomic E-state index is 6.85.